The Morgan fingerprint density at radius 1 is 0.889 bits per heavy atom. The minimum absolute atomic E-state index is 0.357. The lowest BCUT2D eigenvalue weighted by Crippen LogP contribution is -2.60. The van der Waals surface area contributed by atoms with E-state index < -0.39 is 17.6 Å². The van der Waals surface area contributed by atoms with Gasteiger partial charge in [-0.1, -0.05) is 77.9 Å². The van der Waals surface area contributed by atoms with E-state index in [-0.39, 0.29) is 0 Å². The van der Waals surface area contributed by atoms with Gasteiger partial charge < -0.3 is 19.4 Å². The highest BCUT2D eigenvalue weighted by atomic mass is 16.5. The van der Waals surface area contributed by atoms with E-state index in [1.165, 1.54) is 0 Å². The van der Waals surface area contributed by atoms with Crippen molar-refractivity contribution in [3.05, 3.63) is 107 Å². The van der Waals surface area contributed by atoms with Crippen LogP contribution in [0.25, 0.3) is 0 Å². The lowest BCUT2D eigenvalue weighted by atomic mass is 9.78. The predicted octanol–water partition coefficient (Wildman–Crippen LogP) is 3.06. The van der Waals surface area contributed by atoms with Crippen LogP contribution >= 0.6 is 0 Å². The van der Waals surface area contributed by atoms with E-state index in [0.717, 1.165) is 28.1 Å². The van der Waals surface area contributed by atoms with Crippen LogP contribution in [0, 0.1) is 13.8 Å². The molecule has 0 saturated carbocycles. The molecule has 0 spiro atoms. The van der Waals surface area contributed by atoms with Crippen molar-refractivity contribution in [2.45, 2.75) is 25.4 Å². The van der Waals surface area contributed by atoms with Gasteiger partial charge in [0, 0.05) is 25.3 Å². The molecule has 0 saturated heterocycles. The lowest BCUT2D eigenvalue weighted by molar-refractivity contribution is -0.574. The molecule has 3 aromatic rings. The zero-order valence-electron chi connectivity index (χ0n) is 21.4. The van der Waals surface area contributed by atoms with Gasteiger partial charge in [0.15, 0.2) is 6.04 Å². The number of hydrogen-bond donors (Lipinski definition) is 0. The molecule has 0 aliphatic carbocycles. The Balaban J connectivity index is 2.10. The Hall–Kier alpha value is -3.48. The number of carbonyl (C=O) groups excluding carboxylic acids is 1. The molecule has 0 aromatic heterocycles. The average molecular weight is 487 g/mol. The standard InChI is InChI=1S/C30H34N2O4/c1-22-10-14-24(15-11-22)27-30(29(33)34,26-16-12-23(2)13-17-26)32(19-21-36-4)28(31(27)18-20-35-3)25-8-6-5-7-9-25/h5-17,27H,18-21H2,1-4H3. The number of carboxylic acids is 1. The van der Waals surface area contributed by atoms with Crippen LogP contribution in [0.2, 0.25) is 0 Å². The van der Waals surface area contributed by atoms with Crippen molar-refractivity contribution in [3.63, 3.8) is 0 Å². The molecule has 188 valence electrons. The number of methoxy groups -OCH3 is 2. The topological polar surface area (TPSA) is 64.8 Å². The summed E-state index contributed by atoms with van der Waals surface area (Å²) in [5.74, 6) is -0.332. The third-order valence-electron chi connectivity index (χ3n) is 6.94. The van der Waals surface area contributed by atoms with E-state index in [1.54, 1.807) is 14.2 Å². The molecule has 2 atom stereocenters. The third kappa shape index (κ3) is 4.54. The predicted molar refractivity (Wildman–Crippen MR) is 138 cm³/mol. The molecule has 2 unspecified atom stereocenters. The summed E-state index contributed by atoms with van der Waals surface area (Å²) < 4.78 is 13.1. The van der Waals surface area contributed by atoms with Crippen LogP contribution in [0.3, 0.4) is 0 Å². The van der Waals surface area contributed by atoms with Crippen LogP contribution in [-0.4, -0.2) is 61.8 Å². The minimum atomic E-state index is -1.50. The van der Waals surface area contributed by atoms with Gasteiger partial charge in [0.25, 0.3) is 5.84 Å². The fourth-order valence-corrected chi connectivity index (χ4v) is 5.25. The second-order valence-corrected chi connectivity index (χ2v) is 9.25. The first kappa shape index (κ1) is 25.6. The maximum atomic E-state index is 13.6. The van der Waals surface area contributed by atoms with E-state index in [9.17, 15) is 9.90 Å². The number of aliphatic carboxylic acids is 1. The molecule has 4 rings (SSSR count). The maximum absolute atomic E-state index is 13.6. The molecule has 1 aliphatic heterocycles. The van der Waals surface area contributed by atoms with E-state index in [2.05, 4.69) is 4.58 Å². The van der Waals surface area contributed by atoms with Gasteiger partial charge in [-0.05, 0) is 26.0 Å². The van der Waals surface area contributed by atoms with Gasteiger partial charge in [-0.25, -0.2) is 9.48 Å². The van der Waals surface area contributed by atoms with E-state index in [4.69, 9.17) is 9.47 Å². The number of ether oxygens (including phenoxy) is 2. The number of rotatable bonds is 10. The summed E-state index contributed by atoms with van der Waals surface area (Å²) in [6, 6.07) is 25.2. The number of aryl methyl sites for hydroxylation is 2. The fraction of sp³-hybridized carbons (Fsp3) is 0.333. The third-order valence-corrected chi connectivity index (χ3v) is 6.94. The fourth-order valence-electron chi connectivity index (χ4n) is 5.25. The molecule has 0 radical (unpaired) electrons. The Morgan fingerprint density at radius 3 is 2.03 bits per heavy atom. The van der Waals surface area contributed by atoms with Crippen LogP contribution < -0.4 is 5.11 Å². The summed E-state index contributed by atoms with van der Waals surface area (Å²) in [7, 11) is 3.29. The van der Waals surface area contributed by atoms with Gasteiger partial charge >= 0.3 is 0 Å². The van der Waals surface area contributed by atoms with Gasteiger partial charge in [-0.2, -0.15) is 0 Å². The van der Waals surface area contributed by atoms with E-state index in [1.807, 2.05) is 97.6 Å². The van der Waals surface area contributed by atoms with Crippen molar-refractivity contribution in [2.75, 3.05) is 40.5 Å². The first-order chi connectivity index (χ1) is 17.4. The molecule has 0 N–H and O–H groups in total. The Labute approximate surface area is 213 Å². The Bertz CT molecular complexity index is 1210. The molecule has 1 aliphatic rings. The summed E-state index contributed by atoms with van der Waals surface area (Å²) in [5.41, 5.74) is 3.16. The monoisotopic (exact) mass is 486 g/mol. The molecule has 3 aromatic carbocycles. The molecular weight excluding hydrogens is 452 g/mol. The number of nitrogens with zero attached hydrogens (tertiary/aromatic N) is 2. The SMILES string of the molecule is COCCN1C(c2ccccc2)=[N+](CCOC)C(c2ccc(C)cc2)C1(C(=O)[O-])c1ccc(C)cc1. The molecule has 6 nitrogen and oxygen atoms in total. The largest absolute Gasteiger partial charge is 0.545 e. The number of hydrogen-bond acceptors (Lipinski definition) is 5. The molecule has 0 bridgehead atoms. The molecule has 0 fully saturated rings. The van der Waals surface area contributed by atoms with Crippen LogP contribution in [0.15, 0.2) is 78.9 Å². The second-order valence-electron chi connectivity index (χ2n) is 9.25. The van der Waals surface area contributed by atoms with Gasteiger partial charge in [0.05, 0.1) is 24.7 Å². The molecule has 36 heavy (non-hydrogen) atoms. The zero-order valence-corrected chi connectivity index (χ0v) is 21.4. The summed E-state index contributed by atoms with van der Waals surface area (Å²) in [6.45, 7) is 5.69. The number of carboxylic acid groups (broad SMARTS) is 1. The highest BCUT2D eigenvalue weighted by Crippen LogP contribution is 2.48. The maximum Gasteiger partial charge on any atom is 0.281 e. The number of amidine groups is 1. The van der Waals surface area contributed by atoms with Gasteiger partial charge in [0.2, 0.25) is 5.54 Å². The normalized spacial score (nSPS) is 19.7. The Kier molecular flexibility index (Phi) is 7.87. The first-order valence-corrected chi connectivity index (χ1v) is 12.2. The summed E-state index contributed by atoms with van der Waals surface area (Å²) in [4.78, 5) is 15.5. The summed E-state index contributed by atoms with van der Waals surface area (Å²) >= 11 is 0. The van der Waals surface area contributed by atoms with Crippen LogP contribution in [0.4, 0.5) is 0 Å². The minimum Gasteiger partial charge on any atom is -0.545 e. The quantitative estimate of drug-likeness (QED) is 0.412. The van der Waals surface area contributed by atoms with Gasteiger partial charge in [-0.15, -0.1) is 0 Å². The smallest absolute Gasteiger partial charge is 0.281 e. The van der Waals surface area contributed by atoms with E-state index >= 15 is 0 Å². The number of carbonyl (C=O) groups is 1. The molecule has 1 heterocycles. The second kappa shape index (κ2) is 11.1. The van der Waals surface area contributed by atoms with Crippen molar-refractivity contribution in [3.8, 4) is 0 Å². The lowest BCUT2D eigenvalue weighted by Gasteiger charge is -2.39. The van der Waals surface area contributed by atoms with E-state index in [0.29, 0.717) is 31.9 Å². The van der Waals surface area contributed by atoms with Crippen molar-refractivity contribution in [1.82, 2.24) is 4.90 Å². The summed E-state index contributed by atoms with van der Waals surface area (Å²) in [5, 5.41) is 13.6. The van der Waals surface area contributed by atoms with Crippen LogP contribution in [-0.2, 0) is 19.8 Å². The van der Waals surface area contributed by atoms with Crippen molar-refractivity contribution in [2.24, 2.45) is 0 Å². The first-order valence-electron chi connectivity index (χ1n) is 12.2. The molecule has 6 heteroatoms. The molecular formula is C30H34N2O4. The van der Waals surface area contributed by atoms with Gasteiger partial charge in [-0.3, -0.25) is 0 Å². The Morgan fingerprint density at radius 2 is 1.47 bits per heavy atom. The average Bonchev–Trinajstić information content (AvgIpc) is 3.18. The highest BCUT2D eigenvalue weighted by Gasteiger charge is 2.63. The van der Waals surface area contributed by atoms with Gasteiger partial charge in [0.1, 0.15) is 13.1 Å². The highest BCUT2D eigenvalue weighted by molar-refractivity contribution is 6.00. The summed E-state index contributed by atoms with van der Waals surface area (Å²) in [6.07, 6.45) is 0. The van der Waals surface area contributed by atoms with Crippen molar-refractivity contribution in [1.29, 1.82) is 0 Å². The van der Waals surface area contributed by atoms with Crippen molar-refractivity contribution >= 4 is 11.8 Å². The molecule has 0 amide bonds. The zero-order chi connectivity index (χ0) is 25.7. The van der Waals surface area contributed by atoms with Crippen molar-refractivity contribution < 1.29 is 24.0 Å². The van der Waals surface area contributed by atoms with Crippen LogP contribution in [0.1, 0.15) is 33.9 Å². The van der Waals surface area contributed by atoms with Crippen LogP contribution in [0.5, 0.6) is 0 Å². The number of benzene rings is 3.